The molecule has 3 heteroatoms. The zero-order valence-corrected chi connectivity index (χ0v) is 10.7. The number of carbonyl (C=O) groups excluding carboxylic acids is 1. The first-order valence-corrected chi connectivity index (χ1v) is 6.39. The van der Waals surface area contributed by atoms with Crippen molar-refractivity contribution in [3.05, 3.63) is 41.5 Å². The topological polar surface area (TPSA) is 38.3 Å². The molecule has 1 atom stereocenters. The van der Waals surface area contributed by atoms with Crippen molar-refractivity contribution < 1.29 is 9.53 Å². The maximum absolute atomic E-state index is 11.0. The van der Waals surface area contributed by atoms with Crippen LogP contribution in [0.25, 0.3) is 6.08 Å². The second-order valence-corrected chi connectivity index (χ2v) is 4.53. The molecular weight excluding hydrogens is 226 g/mol. The van der Waals surface area contributed by atoms with Crippen molar-refractivity contribution >= 4 is 12.0 Å². The Kier molecular flexibility index (Phi) is 4.53. The molecule has 0 aliphatic carbocycles. The number of methoxy groups -OCH3 is 1. The summed E-state index contributed by atoms with van der Waals surface area (Å²) in [4.78, 5) is 11.0. The van der Waals surface area contributed by atoms with E-state index in [1.54, 1.807) is 6.08 Å². The Morgan fingerprint density at radius 3 is 2.72 bits per heavy atom. The van der Waals surface area contributed by atoms with E-state index in [0.717, 1.165) is 12.1 Å². The van der Waals surface area contributed by atoms with Crippen LogP contribution in [0, 0.1) is 0 Å². The maximum Gasteiger partial charge on any atom is 0.330 e. The lowest BCUT2D eigenvalue weighted by Crippen LogP contribution is -2.26. The molecule has 0 radical (unpaired) electrons. The van der Waals surface area contributed by atoms with E-state index < -0.39 is 0 Å². The zero-order chi connectivity index (χ0) is 12.8. The number of esters is 1. The van der Waals surface area contributed by atoms with Gasteiger partial charge in [-0.25, -0.2) is 4.79 Å². The summed E-state index contributed by atoms with van der Waals surface area (Å²) in [7, 11) is 1.38. The lowest BCUT2D eigenvalue weighted by atomic mass is 9.97. The minimum atomic E-state index is -0.326. The highest BCUT2D eigenvalue weighted by Gasteiger charge is 2.13. The lowest BCUT2D eigenvalue weighted by Gasteiger charge is -2.23. The number of nitrogens with one attached hydrogen (secondary N) is 1. The molecule has 3 nitrogen and oxygen atoms in total. The van der Waals surface area contributed by atoms with Crippen molar-refractivity contribution in [3.8, 4) is 0 Å². The van der Waals surface area contributed by atoms with Gasteiger partial charge in [0.15, 0.2) is 0 Å². The molecule has 0 unspecified atom stereocenters. The highest BCUT2D eigenvalue weighted by Crippen LogP contribution is 2.23. The number of piperidine rings is 1. The van der Waals surface area contributed by atoms with Crippen LogP contribution in [0.1, 0.15) is 36.4 Å². The molecular formula is C15H19NO2. The predicted molar refractivity (Wildman–Crippen MR) is 72.1 cm³/mol. The second-order valence-electron chi connectivity index (χ2n) is 4.53. The van der Waals surface area contributed by atoms with Crippen LogP contribution in [-0.2, 0) is 9.53 Å². The van der Waals surface area contributed by atoms with E-state index in [9.17, 15) is 4.79 Å². The zero-order valence-electron chi connectivity index (χ0n) is 10.7. The minimum absolute atomic E-state index is 0.326. The fraction of sp³-hybridized carbons (Fsp3) is 0.400. The van der Waals surface area contributed by atoms with Crippen LogP contribution in [0.3, 0.4) is 0 Å². The summed E-state index contributed by atoms with van der Waals surface area (Å²) in [6.07, 6.45) is 6.98. The highest BCUT2D eigenvalue weighted by molar-refractivity contribution is 5.86. The molecule has 1 heterocycles. The number of ether oxygens (including phenoxy) is 1. The van der Waals surface area contributed by atoms with E-state index in [1.807, 2.05) is 12.1 Å². The summed E-state index contributed by atoms with van der Waals surface area (Å²) in [5.41, 5.74) is 2.34. The highest BCUT2D eigenvalue weighted by atomic mass is 16.5. The molecule has 0 aromatic heterocycles. The molecule has 1 aliphatic rings. The Labute approximate surface area is 108 Å². The molecule has 0 bridgehead atoms. The molecule has 18 heavy (non-hydrogen) atoms. The third-order valence-corrected chi connectivity index (χ3v) is 3.26. The molecule has 0 saturated carbocycles. The Balaban J connectivity index is 2.00. The molecule has 1 fully saturated rings. The van der Waals surface area contributed by atoms with Crippen LogP contribution < -0.4 is 5.32 Å². The van der Waals surface area contributed by atoms with Gasteiger partial charge in [0.25, 0.3) is 0 Å². The van der Waals surface area contributed by atoms with Crippen molar-refractivity contribution in [2.24, 2.45) is 0 Å². The quantitative estimate of drug-likeness (QED) is 0.657. The second kappa shape index (κ2) is 6.36. The fourth-order valence-corrected chi connectivity index (χ4v) is 2.21. The minimum Gasteiger partial charge on any atom is -0.466 e. The van der Waals surface area contributed by atoms with Gasteiger partial charge < -0.3 is 10.1 Å². The molecule has 1 saturated heterocycles. The normalized spacial score (nSPS) is 19.9. The Morgan fingerprint density at radius 2 is 2.11 bits per heavy atom. The molecule has 0 spiro atoms. The maximum atomic E-state index is 11.0. The Morgan fingerprint density at radius 1 is 1.33 bits per heavy atom. The Bertz CT molecular complexity index is 417. The first-order chi connectivity index (χ1) is 8.79. The van der Waals surface area contributed by atoms with Crippen LogP contribution in [0.4, 0.5) is 0 Å². The summed E-state index contributed by atoms with van der Waals surface area (Å²) in [6, 6.07) is 8.80. The average Bonchev–Trinajstić information content (AvgIpc) is 2.46. The van der Waals surface area contributed by atoms with Gasteiger partial charge in [0.05, 0.1) is 7.11 Å². The van der Waals surface area contributed by atoms with E-state index in [1.165, 1.54) is 38.0 Å². The number of hydrogen-bond donors (Lipinski definition) is 1. The molecule has 2 rings (SSSR count). The van der Waals surface area contributed by atoms with Gasteiger partial charge in [-0.1, -0.05) is 30.7 Å². The van der Waals surface area contributed by atoms with Gasteiger partial charge in [0.1, 0.15) is 0 Å². The van der Waals surface area contributed by atoms with Crippen molar-refractivity contribution in [1.82, 2.24) is 5.32 Å². The standard InChI is InChI=1S/C15H19NO2/c1-18-15(17)10-7-12-5-8-13(9-6-12)14-4-2-3-11-16-14/h5-10,14,16H,2-4,11H2,1H3/t14-/m0/s1. The van der Waals surface area contributed by atoms with E-state index in [4.69, 9.17) is 0 Å². The van der Waals surface area contributed by atoms with Crippen molar-refractivity contribution in [3.63, 3.8) is 0 Å². The van der Waals surface area contributed by atoms with Crippen LogP contribution >= 0.6 is 0 Å². The van der Waals surface area contributed by atoms with Gasteiger partial charge >= 0.3 is 5.97 Å². The third-order valence-electron chi connectivity index (χ3n) is 3.26. The number of benzene rings is 1. The van der Waals surface area contributed by atoms with Gasteiger partial charge in [-0.15, -0.1) is 0 Å². The molecule has 1 aliphatic heterocycles. The van der Waals surface area contributed by atoms with E-state index in [2.05, 4.69) is 22.2 Å². The third kappa shape index (κ3) is 3.44. The number of hydrogen-bond acceptors (Lipinski definition) is 3. The van der Waals surface area contributed by atoms with E-state index >= 15 is 0 Å². The van der Waals surface area contributed by atoms with Gasteiger partial charge in [0.2, 0.25) is 0 Å². The molecule has 1 N–H and O–H groups in total. The SMILES string of the molecule is COC(=O)C=Cc1ccc([C@@H]2CCCCN2)cc1. The molecule has 1 aromatic carbocycles. The van der Waals surface area contributed by atoms with Crippen LogP contribution in [-0.4, -0.2) is 19.6 Å². The van der Waals surface area contributed by atoms with Crippen molar-refractivity contribution in [2.45, 2.75) is 25.3 Å². The van der Waals surface area contributed by atoms with Gasteiger partial charge in [0, 0.05) is 12.1 Å². The van der Waals surface area contributed by atoms with Gasteiger partial charge in [-0.05, 0) is 36.6 Å². The summed E-state index contributed by atoms with van der Waals surface area (Å²) >= 11 is 0. The molecule has 1 aromatic rings. The number of carbonyl (C=O) groups is 1. The average molecular weight is 245 g/mol. The largest absolute Gasteiger partial charge is 0.466 e. The summed E-state index contributed by atoms with van der Waals surface area (Å²) in [5.74, 6) is -0.326. The molecule has 0 amide bonds. The van der Waals surface area contributed by atoms with E-state index in [0.29, 0.717) is 6.04 Å². The van der Waals surface area contributed by atoms with Crippen molar-refractivity contribution in [2.75, 3.05) is 13.7 Å². The summed E-state index contributed by atoms with van der Waals surface area (Å²) in [5, 5.41) is 3.52. The first kappa shape index (κ1) is 12.8. The monoisotopic (exact) mass is 245 g/mol. The van der Waals surface area contributed by atoms with Crippen LogP contribution in [0.15, 0.2) is 30.3 Å². The van der Waals surface area contributed by atoms with Crippen LogP contribution in [0.5, 0.6) is 0 Å². The first-order valence-electron chi connectivity index (χ1n) is 6.39. The van der Waals surface area contributed by atoms with Crippen LogP contribution in [0.2, 0.25) is 0 Å². The molecule has 96 valence electrons. The Hall–Kier alpha value is -1.61. The smallest absolute Gasteiger partial charge is 0.330 e. The van der Waals surface area contributed by atoms with Gasteiger partial charge in [-0.3, -0.25) is 0 Å². The summed E-state index contributed by atoms with van der Waals surface area (Å²) in [6.45, 7) is 1.11. The number of rotatable bonds is 3. The van der Waals surface area contributed by atoms with Crippen molar-refractivity contribution in [1.29, 1.82) is 0 Å². The van der Waals surface area contributed by atoms with E-state index in [-0.39, 0.29) is 5.97 Å². The lowest BCUT2D eigenvalue weighted by molar-refractivity contribution is -0.134. The fourth-order valence-electron chi connectivity index (χ4n) is 2.21. The predicted octanol–water partition coefficient (Wildman–Crippen LogP) is 2.69. The van der Waals surface area contributed by atoms with Gasteiger partial charge in [-0.2, -0.15) is 0 Å². The summed E-state index contributed by atoms with van der Waals surface area (Å²) < 4.78 is 4.56.